The number of nitrogens with one attached hydrogen (secondary N) is 1. The average molecular weight is 609 g/mol. The quantitative estimate of drug-likeness (QED) is 0.198. The Kier molecular flexibility index (Phi) is 10.1. The second kappa shape index (κ2) is 14.4. The van der Waals surface area contributed by atoms with Crippen molar-refractivity contribution in [2.45, 2.75) is 72.1 Å². The monoisotopic (exact) mass is 608 g/mol. The first-order valence-corrected chi connectivity index (χ1v) is 15.6. The third kappa shape index (κ3) is 8.91. The molecule has 1 aliphatic rings. The molecule has 8 nitrogen and oxygen atoms in total. The first-order chi connectivity index (χ1) is 21.6. The fourth-order valence-corrected chi connectivity index (χ4v) is 5.53. The largest absolute Gasteiger partial charge is 0.473 e. The molecule has 1 fully saturated rings. The van der Waals surface area contributed by atoms with Gasteiger partial charge in [0, 0.05) is 54.7 Å². The van der Waals surface area contributed by atoms with E-state index < -0.39 is 5.60 Å². The van der Waals surface area contributed by atoms with Gasteiger partial charge in [-0.15, -0.1) is 0 Å². The van der Waals surface area contributed by atoms with Crippen molar-refractivity contribution in [3.8, 4) is 11.8 Å². The van der Waals surface area contributed by atoms with Crippen molar-refractivity contribution in [2.24, 2.45) is 0 Å². The summed E-state index contributed by atoms with van der Waals surface area (Å²) >= 11 is 0. The van der Waals surface area contributed by atoms with Crippen molar-refractivity contribution >= 4 is 17.5 Å². The number of hydrogen-bond acceptors (Lipinski definition) is 7. The minimum absolute atomic E-state index is 0.127. The lowest BCUT2D eigenvalue weighted by Gasteiger charge is -2.46. The van der Waals surface area contributed by atoms with Crippen LogP contribution in [0.1, 0.15) is 51.3 Å². The van der Waals surface area contributed by atoms with E-state index in [-0.39, 0.29) is 18.2 Å². The van der Waals surface area contributed by atoms with Crippen LogP contribution in [0.15, 0.2) is 97.1 Å². The Labute approximate surface area is 266 Å². The highest BCUT2D eigenvalue weighted by Gasteiger charge is 2.34. The fraction of sp³-hybridized carbons (Fsp3) is 0.351. The Morgan fingerprint density at radius 3 is 2.07 bits per heavy atom. The number of ether oxygens (including phenoxy) is 3. The van der Waals surface area contributed by atoms with Gasteiger partial charge in [0.1, 0.15) is 18.8 Å². The third-order valence-electron chi connectivity index (χ3n) is 7.56. The lowest BCUT2D eigenvalue weighted by Crippen LogP contribution is -2.58. The maximum absolute atomic E-state index is 12.8. The molecule has 0 aliphatic carbocycles. The zero-order valence-corrected chi connectivity index (χ0v) is 26.9. The van der Waals surface area contributed by atoms with Gasteiger partial charge in [0.05, 0.1) is 0 Å². The number of piperazine rings is 1. The summed E-state index contributed by atoms with van der Waals surface area (Å²) in [6.07, 6.45) is -0.258. The van der Waals surface area contributed by atoms with Crippen LogP contribution in [-0.2, 0) is 24.5 Å². The van der Waals surface area contributed by atoms with Gasteiger partial charge >= 0.3 is 6.09 Å². The molecular formula is C37H44N4O4. The van der Waals surface area contributed by atoms with Gasteiger partial charge in [-0.05, 0) is 70.0 Å². The Balaban J connectivity index is 1.27. The van der Waals surface area contributed by atoms with Crippen molar-refractivity contribution in [1.82, 2.24) is 9.88 Å². The summed E-state index contributed by atoms with van der Waals surface area (Å²) in [5.41, 5.74) is 4.64. The minimum Gasteiger partial charge on any atom is -0.473 e. The number of carbonyl (C=O) groups is 1. The molecule has 2 atom stereocenters. The molecule has 0 saturated carbocycles. The van der Waals surface area contributed by atoms with Gasteiger partial charge in [0.25, 0.3) is 0 Å². The highest BCUT2D eigenvalue weighted by Crippen LogP contribution is 2.29. The molecule has 3 aromatic carbocycles. The van der Waals surface area contributed by atoms with Crippen molar-refractivity contribution in [3.63, 3.8) is 0 Å². The minimum atomic E-state index is -0.516. The maximum atomic E-state index is 12.8. The van der Waals surface area contributed by atoms with Crippen LogP contribution in [0.5, 0.6) is 11.8 Å². The van der Waals surface area contributed by atoms with Crippen LogP contribution >= 0.6 is 0 Å². The highest BCUT2D eigenvalue weighted by atomic mass is 16.6. The molecule has 0 unspecified atom stereocenters. The van der Waals surface area contributed by atoms with Crippen LogP contribution in [0.4, 0.5) is 16.2 Å². The molecular weight excluding hydrogens is 564 g/mol. The number of nitrogens with zero attached hydrogens (tertiary/aromatic N) is 3. The zero-order valence-electron chi connectivity index (χ0n) is 26.9. The lowest BCUT2D eigenvalue weighted by molar-refractivity contribution is 0.0193. The van der Waals surface area contributed by atoms with Crippen LogP contribution in [-0.4, -0.2) is 46.8 Å². The summed E-state index contributed by atoms with van der Waals surface area (Å²) in [6.45, 7) is 12.6. The summed E-state index contributed by atoms with van der Waals surface area (Å²) in [5.74, 6) is 1.05. The Hall–Kier alpha value is -4.72. The molecule has 0 radical (unpaired) electrons. The van der Waals surface area contributed by atoms with Gasteiger partial charge in [-0.1, -0.05) is 66.7 Å². The summed E-state index contributed by atoms with van der Waals surface area (Å²) < 4.78 is 17.9. The Bertz CT molecular complexity index is 1530. The van der Waals surface area contributed by atoms with Crippen molar-refractivity contribution in [3.05, 3.63) is 114 Å². The number of aromatic nitrogens is 1. The number of amides is 1. The third-order valence-corrected chi connectivity index (χ3v) is 7.56. The van der Waals surface area contributed by atoms with Gasteiger partial charge in [-0.25, -0.2) is 4.79 Å². The van der Waals surface area contributed by atoms with Crippen LogP contribution in [0.3, 0.4) is 0 Å². The van der Waals surface area contributed by atoms with Crippen LogP contribution in [0.2, 0.25) is 0 Å². The molecule has 5 rings (SSSR count). The van der Waals surface area contributed by atoms with Crippen molar-refractivity contribution in [2.75, 3.05) is 23.3 Å². The van der Waals surface area contributed by atoms with E-state index in [1.165, 1.54) is 0 Å². The molecule has 1 saturated heterocycles. The summed E-state index contributed by atoms with van der Waals surface area (Å²) in [6, 6.07) is 32.6. The second-order valence-corrected chi connectivity index (χ2v) is 12.6. The number of carbonyl (C=O) groups excluding carboxylic acids is 1. The molecule has 4 aromatic rings. The van der Waals surface area contributed by atoms with Crippen LogP contribution < -0.4 is 19.7 Å². The smallest absolute Gasteiger partial charge is 0.410 e. The maximum Gasteiger partial charge on any atom is 0.410 e. The van der Waals surface area contributed by atoms with E-state index in [0.29, 0.717) is 44.6 Å². The van der Waals surface area contributed by atoms with Crippen molar-refractivity contribution < 1.29 is 19.0 Å². The van der Waals surface area contributed by atoms with Crippen LogP contribution in [0, 0.1) is 0 Å². The second-order valence-electron chi connectivity index (χ2n) is 12.6. The molecule has 0 spiro atoms. The van der Waals surface area contributed by atoms with Crippen LogP contribution in [0.25, 0.3) is 0 Å². The molecule has 1 amide bonds. The predicted molar refractivity (Wildman–Crippen MR) is 179 cm³/mol. The topological polar surface area (TPSA) is 76.2 Å². The van der Waals surface area contributed by atoms with Crippen molar-refractivity contribution in [1.29, 1.82) is 0 Å². The van der Waals surface area contributed by atoms with E-state index in [2.05, 4.69) is 48.3 Å². The average Bonchev–Trinajstić information content (AvgIpc) is 3.02. The van der Waals surface area contributed by atoms with Gasteiger partial charge in [0.15, 0.2) is 0 Å². The zero-order chi connectivity index (χ0) is 31.8. The number of anilines is 2. The van der Waals surface area contributed by atoms with E-state index in [1.54, 1.807) is 0 Å². The fourth-order valence-electron chi connectivity index (χ4n) is 5.53. The standard InChI is InChI=1S/C37H44N4O4/c1-27-23-40(36(42)45-37(3,4)5)24-28(2)41(27)33-18-12-17-32(21-33)38-22-31-19-20-34(43-25-29-13-8-6-9-14-29)39-35(31)44-26-30-15-10-7-11-16-30/h6-21,27-28,38H,22-26H2,1-5H3/t27-,28+. The van der Waals surface area contributed by atoms with Gasteiger partial charge in [-0.3, -0.25) is 0 Å². The summed E-state index contributed by atoms with van der Waals surface area (Å²) in [4.78, 5) is 21.7. The number of pyridine rings is 1. The number of benzene rings is 3. The molecule has 2 heterocycles. The van der Waals surface area contributed by atoms with E-state index in [9.17, 15) is 4.79 Å². The van der Waals surface area contributed by atoms with Gasteiger partial charge in [-0.2, -0.15) is 4.98 Å². The lowest BCUT2D eigenvalue weighted by atomic mass is 10.1. The van der Waals surface area contributed by atoms with E-state index in [1.807, 2.05) is 98.5 Å². The molecule has 45 heavy (non-hydrogen) atoms. The van der Waals surface area contributed by atoms with E-state index in [4.69, 9.17) is 19.2 Å². The molecule has 1 aromatic heterocycles. The molecule has 1 aliphatic heterocycles. The number of hydrogen-bond donors (Lipinski definition) is 1. The summed E-state index contributed by atoms with van der Waals surface area (Å²) in [7, 11) is 0. The first-order valence-electron chi connectivity index (χ1n) is 15.6. The molecule has 236 valence electrons. The molecule has 8 heteroatoms. The SMILES string of the molecule is C[C@@H]1CN(C(=O)OC(C)(C)C)C[C@H](C)N1c1cccc(NCc2ccc(OCc3ccccc3)nc2OCc2ccccc2)c1. The highest BCUT2D eigenvalue weighted by molar-refractivity contribution is 5.69. The summed E-state index contributed by atoms with van der Waals surface area (Å²) in [5, 5.41) is 3.57. The van der Waals surface area contributed by atoms with Gasteiger partial charge in [0.2, 0.25) is 11.8 Å². The van der Waals surface area contributed by atoms with E-state index in [0.717, 1.165) is 28.1 Å². The van der Waals surface area contributed by atoms with E-state index >= 15 is 0 Å². The van der Waals surface area contributed by atoms with Gasteiger partial charge < -0.3 is 29.3 Å². The first kappa shape index (κ1) is 31.7. The Morgan fingerprint density at radius 1 is 0.822 bits per heavy atom. The number of rotatable bonds is 10. The molecule has 1 N–H and O–H groups in total. The Morgan fingerprint density at radius 2 is 1.44 bits per heavy atom. The molecule has 0 bridgehead atoms. The normalized spacial score (nSPS) is 16.6. The predicted octanol–water partition coefficient (Wildman–Crippen LogP) is 7.69.